The van der Waals surface area contributed by atoms with Gasteiger partial charge in [-0.1, -0.05) is 72.9 Å². The highest BCUT2D eigenvalue weighted by Crippen LogP contribution is 2.33. The number of nitrogens with zero attached hydrogens (tertiary/aromatic N) is 2. The molecule has 0 N–H and O–H groups in total. The lowest BCUT2D eigenvalue weighted by Crippen LogP contribution is -1.94. The zero-order valence-electron chi connectivity index (χ0n) is 13.3. The van der Waals surface area contributed by atoms with Crippen LogP contribution in [0.15, 0.2) is 107 Å². The fourth-order valence-corrected chi connectivity index (χ4v) is 3.02. The molecule has 2 aliphatic carbocycles. The third-order valence-corrected chi connectivity index (χ3v) is 4.27. The van der Waals surface area contributed by atoms with E-state index in [-0.39, 0.29) is 0 Å². The summed E-state index contributed by atoms with van der Waals surface area (Å²) >= 11 is 0. The van der Waals surface area contributed by atoms with Gasteiger partial charge in [0, 0.05) is 11.8 Å². The quantitative estimate of drug-likeness (QED) is 0.574. The second-order valence-corrected chi connectivity index (χ2v) is 5.98. The van der Waals surface area contributed by atoms with Gasteiger partial charge in [-0.05, 0) is 35.4 Å². The maximum Gasteiger partial charge on any atom is 0.0863 e. The molecule has 116 valence electrons. The van der Waals surface area contributed by atoms with E-state index in [1.54, 1.807) is 0 Å². The van der Waals surface area contributed by atoms with Gasteiger partial charge in [0.1, 0.15) is 0 Å². The molecule has 0 saturated carbocycles. The van der Waals surface area contributed by atoms with E-state index in [1.807, 2.05) is 30.3 Å². The Balaban J connectivity index is 1.70. The predicted octanol–water partition coefficient (Wildman–Crippen LogP) is 6.52. The van der Waals surface area contributed by atoms with Crippen molar-refractivity contribution in [2.45, 2.75) is 11.8 Å². The van der Waals surface area contributed by atoms with Crippen LogP contribution in [-0.2, 0) is 0 Å². The first-order valence-corrected chi connectivity index (χ1v) is 8.20. The normalized spacial score (nSPS) is 16.8. The van der Waals surface area contributed by atoms with Gasteiger partial charge in [0.15, 0.2) is 0 Å². The molecule has 0 bridgehead atoms. The summed E-state index contributed by atoms with van der Waals surface area (Å²) in [6.07, 6.45) is 17.2. The van der Waals surface area contributed by atoms with Gasteiger partial charge >= 0.3 is 0 Å². The molecule has 0 amide bonds. The average Bonchev–Trinajstić information content (AvgIpc) is 3.34. The lowest BCUT2D eigenvalue weighted by molar-refractivity contribution is 1.04. The Labute approximate surface area is 142 Å². The minimum absolute atomic E-state index is 0.324. The van der Waals surface area contributed by atoms with Crippen molar-refractivity contribution in [1.29, 1.82) is 0 Å². The van der Waals surface area contributed by atoms with Crippen LogP contribution >= 0.6 is 0 Å². The second-order valence-electron chi connectivity index (χ2n) is 5.98. The molecule has 2 aliphatic rings. The van der Waals surface area contributed by atoms with Gasteiger partial charge in [-0.25, -0.2) is 0 Å². The molecule has 0 spiro atoms. The van der Waals surface area contributed by atoms with Gasteiger partial charge in [-0.15, -0.1) is 0 Å². The molecule has 0 aromatic heterocycles. The number of benzene rings is 2. The van der Waals surface area contributed by atoms with Crippen LogP contribution in [0.4, 0.5) is 11.4 Å². The van der Waals surface area contributed by atoms with Crippen molar-refractivity contribution in [1.82, 2.24) is 0 Å². The fourth-order valence-electron chi connectivity index (χ4n) is 3.02. The number of azo groups is 1. The predicted molar refractivity (Wildman–Crippen MR) is 99.1 cm³/mol. The van der Waals surface area contributed by atoms with Gasteiger partial charge in [0.05, 0.1) is 11.4 Å². The summed E-state index contributed by atoms with van der Waals surface area (Å²) in [4.78, 5) is 0. The van der Waals surface area contributed by atoms with Crippen LogP contribution in [-0.4, -0.2) is 0 Å². The number of allylic oxidation sites excluding steroid dienone is 8. The summed E-state index contributed by atoms with van der Waals surface area (Å²) in [6, 6.07) is 16.4. The van der Waals surface area contributed by atoms with Gasteiger partial charge in [-0.3, -0.25) is 0 Å². The molecule has 2 heteroatoms. The van der Waals surface area contributed by atoms with Crippen LogP contribution in [0.5, 0.6) is 0 Å². The van der Waals surface area contributed by atoms with Crippen LogP contribution in [0.25, 0.3) is 0 Å². The summed E-state index contributed by atoms with van der Waals surface area (Å²) in [5, 5.41) is 8.83. The topological polar surface area (TPSA) is 24.7 Å². The van der Waals surface area contributed by atoms with E-state index in [9.17, 15) is 0 Å². The summed E-state index contributed by atoms with van der Waals surface area (Å²) < 4.78 is 0. The molecule has 0 aliphatic heterocycles. The zero-order chi connectivity index (χ0) is 16.2. The largest absolute Gasteiger partial charge is 0.151 e. The smallest absolute Gasteiger partial charge is 0.0863 e. The van der Waals surface area contributed by atoms with E-state index < -0.39 is 0 Å². The molecule has 2 aromatic rings. The van der Waals surface area contributed by atoms with E-state index in [1.165, 1.54) is 11.1 Å². The Kier molecular flexibility index (Phi) is 4.03. The highest BCUT2D eigenvalue weighted by Gasteiger charge is 2.14. The fraction of sp³-hybridized carbons (Fsp3) is 0.0909. The first kappa shape index (κ1) is 14.6. The molecule has 0 fully saturated rings. The Bertz CT molecular complexity index is 800. The maximum atomic E-state index is 4.47. The van der Waals surface area contributed by atoms with Gasteiger partial charge in [-0.2, -0.15) is 10.2 Å². The summed E-state index contributed by atoms with van der Waals surface area (Å²) in [5.74, 6) is 0.648. The van der Waals surface area contributed by atoms with Gasteiger partial charge in [0.2, 0.25) is 0 Å². The van der Waals surface area contributed by atoms with Crippen LogP contribution in [0.3, 0.4) is 0 Å². The van der Waals surface area contributed by atoms with Crippen molar-refractivity contribution in [3.8, 4) is 0 Å². The van der Waals surface area contributed by atoms with Crippen LogP contribution in [0.2, 0.25) is 0 Å². The second kappa shape index (κ2) is 6.63. The van der Waals surface area contributed by atoms with E-state index >= 15 is 0 Å². The van der Waals surface area contributed by atoms with E-state index in [0.29, 0.717) is 11.8 Å². The third-order valence-electron chi connectivity index (χ3n) is 4.27. The van der Waals surface area contributed by atoms with Crippen molar-refractivity contribution < 1.29 is 0 Å². The van der Waals surface area contributed by atoms with Crippen molar-refractivity contribution >= 4 is 11.4 Å². The third kappa shape index (κ3) is 3.18. The van der Waals surface area contributed by atoms with E-state index in [0.717, 1.165) is 11.4 Å². The number of hydrogen-bond donors (Lipinski definition) is 0. The first-order valence-electron chi connectivity index (χ1n) is 8.20. The molecule has 0 heterocycles. The van der Waals surface area contributed by atoms with E-state index in [2.05, 4.69) is 77.0 Å². The van der Waals surface area contributed by atoms with Gasteiger partial charge in [0.25, 0.3) is 0 Å². The molecule has 2 aromatic carbocycles. The van der Waals surface area contributed by atoms with Crippen molar-refractivity contribution in [3.63, 3.8) is 0 Å². The SMILES string of the molecule is C1=CC(c2cc(N=Nc3ccccc3)cc(C3C=CC=C3)c2)C=C1. The van der Waals surface area contributed by atoms with Crippen molar-refractivity contribution in [2.24, 2.45) is 10.2 Å². The molecular weight excluding hydrogens is 292 g/mol. The Morgan fingerprint density at radius 1 is 0.542 bits per heavy atom. The molecule has 4 rings (SSSR count). The molecular formula is C22H18N2. The molecule has 24 heavy (non-hydrogen) atoms. The molecule has 2 nitrogen and oxygen atoms in total. The molecule has 0 atom stereocenters. The lowest BCUT2D eigenvalue weighted by atomic mass is 9.93. The summed E-state index contributed by atoms with van der Waals surface area (Å²) in [6.45, 7) is 0. The minimum atomic E-state index is 0.324. The Morgan fingerprint density at radius 3 is 1.58 bits per heavy atom. The van der Waals surface area contributed by atoms with Crippen LogP contribution in [0, 0.1) is 0 Å². The average molecular weight is 310 g/mol. The van der Waals surface area contributed by atoms with Gasteiger partial charge < -0.3 is 0 Å². The van der Waals surface area contributed by atoms with Crippen LogP contribution < -0.4 is 0 Å². The summed E-state index contributed by atoms with van der Waals surface area (Å²) in [7, 11) is 0. The molecule has 0 unspecified atom stereocenters. The molecule has 0 radical (unpaired) electrons. The number of rotatable bonds is 4. The monoisotopic (exact) mass is 310 g/mol. The number of hydrogen-bond acceptors (Lipinski definition) is 2. The lowest BCUT2D eigenvalue weighted by Gasteiger charge is -2.13. The van der Waals surface area contributed by atoms with Crippen molar-refractivity contribution in [2.75, 3.05) is 0 Å². The van der Waals surface area contributed by atoms with Crippen molar-refractivity contribution in [3.05, 3.63) is 108 Å². The molecule has 0 saturated heterocycles. The highest BCUT2D eigenvalue weighted by molar-refractivity contribution is 5.51. The zero-order valence-corrected chi connectivity index (χ0v) is 13.3. The minimum Gasteiger partial charge on any atom is -0.151 e. The highest BCUT2D eigenvalue weighted by atomic mass is 15.1. The Hall–Kier alpha value is -3.00. The van der Waals surface area contributed by atoms with Crippen LogP contribution in [0.1, 0.15) is 23.0 Å². The standard InChI is InChI=1S/C22H18N2/c1-2-12-21(13-3-1)23-24-22-15-19(17-8-4-5-9-17)14-20(16-22)18-10-6-7-11-18/h1-18H. The Morgan fingerprint density at radius 2 is 1.04 bits per heavy atom. The summed E-state index contributed by atoms with van der Waals surface area (Å²) in [5.41, 5.74) is 4.28. The van der Waals surface area contributed by atoms with E-state index in [4.69, 9.17) is 0 Å². The first-order chi connectivity index (χ1) is 11.9. The maximum absolute atomic E-state index is 4.47.